The van der Waals surface area contributed by atoms with Crippen molar-refractivity contribution in [2.45, 2.75) is 6.92 Å². The lowest BCUT2D eigenvalue weighted by atomic mass is 10.1. The second-order valence-electron chi connectivity index (χ2n) is 4.36. The Morgan fingerprint density at radius 1 is 1.06 bits per heavy atom. The second-order valence-corrected chi connectivity index (χ2v) is 4.36. The summed E-state index contributed by atoms with van der Waals surface area (Å²) in [5.74, 6) is 0. The van der Waals surface area contributed by atoms with Crippen LogP contribution in [-0.2, 0) is 0 Å². The van der Waals surface area contributed by atoms with Crippen LogP contribution in [-0.4, -0.2) is 4.40 Å². The van der Waals surface area contributed by atoms with Gasteiger partial charge in [-0.25, -0.2) is 0 Å². The summed E-state index contributed by atoms with van der Waals surface area (Å²) in [6.45, 7) is 2.11. The largest absolute Gasteiger partial charge is 0.316 e. The Labute approximate surface area is 106 Å². The van der Waals surface area contributed by atoms with Gasteiger partial charge in [-0.1, -0.05) is 18.2 Å². The Kier molecular flexibility index (Phi) is 2.39. The van der Waals surface area contributed by atoms with Crippen molar-refractivity contribution in [3.05, 3.63) is 65.9 Å². The van der Waals surface area contributed by atoms with Crippen molar-refractivity contribution < 1.29 is 0 Å². The van der Waals surface area contributed by atoms with Crippen LogP contribution in [0.15, 0.2) is 54.7 Å². The second kappa shape index (κ2) is 4.05. The predicted octanol–water partition coefficient (Wildman–Crippen LogP) is 3.79. The molecule has 2 heterocycles. The quantitative estimate of drug-likeness (QED) is 0.627. The summed E-state index contributed by atoms with van der Waals surface area (Å²) in [4.78, 5) is 0. The van der Waals surface area contributed by atoms with E-state index in [0.29, 0.717) is 5.56 Å². The third-order valence-corrected chi connectivity index (χ3v) is 3.19. The first-order valence-corrected chi connectivity index (χ1v) is 5.87. The number of aryl methyl sites for hydroxylation is 1. The number of hydrogen-bond acceptors (Lipinski definition) is 1. The summed E-state index contributed by atoms with van der Waals surface area (Å²) >= 11 is 0. The first-order chi connectivity index (χ1) is 8.79. The lowest BCUT2D eigenvalue weighted by Crippen LogP contribution is -1.87. The zero-order chi connectivity index (χ0) is 12.5. The normalized spacial score (nSPS) is 10.4. The highest BCUT2D eigenvalue weighted by Crippen LogP contribution is 2.25. The van der Waals surface area contributed by atoms with E-state index in [0.717, 1.165) is 11.3 Å². The van der Waals surface area contributed by atoms with Crippen LogP contribution < -0.4 is 0 Å². The van der Waals surface area contributed by atoms with Crippen LogP contribution in [0, 0.1) is 18.3 Å². The average molecular weight is 232 g/mol. The number of nitrogens with zero attached hydrogens (tertiary/aromatic N) is 2. The van der Waals surface area contributed by atoms with E-state index in [1.165, 1.54) is 11.1 Å². The molecule has 0 bridgehead atoms. The van der Waals surface area contributed by atoms with E-state index in [2.05, 4.69) is 35.7 Å². The maximum atomic E-state index is 8.82. The molecule has 0 atom stereocenters. The summed E-state index contributed by atoms with van der Waals surface area (Å²) in [6, 6.07) is 18.2. The molecular weight excluding hydrogens is 220 g/mol. The average Bonchev–Trinajstić information content (AvgIpc) is 2.77. The number of pyridine rings is 1. The van der Waals surface area contributed by atoms with Gasteiger partial charge in [-0.2, -0.15) is 5.26 Å². The van der Waals surface area contributed by atoms with E-state index in [1.54, 1.807) is 0 Å². The zero-order valence-corrected chi connectivity index (χ0v) is 10.1. The highest BCUT2D eigenvalue weighted by molar-refractivity contribution is 5.71. The van der Waals surface area contributed by atoms with Gasteiger partial charge in [0.25, 0.3) is 0 Å². The van der Waals surface area contributed by atoms with Crippen molar-refractivity contribution in [1.29, 1.82) is 5.26 Å². The topological polar surface area (TPSA) is 28.2 Å². The summed E-state index contributed by atoms with van der Waals surface area (Å²) in [5, 5.41) is 8.82. The minimum absolute atomic E-state index is 0.691. The number of fused-ring (bicyclic) bond motifs is 1. The maximum absolute atomic E-state index is 8.82. The van der Waals surface area contributed by atoms with Gasteiger partial charge in [-0.3, -0.25) is 0 Å². The number of nitriles is 1. The Morgan fingerprint density at radius 3 is 2.56 bits per heavy atom. The molecule has 0 aliphatic heterocycles. The van der Waals surface area contributed by atoms with Gasteiger partial charge in [0.1, 0.15) is 0 Å². The van der Waals surface area contributed by atoms with Crippen molar-refractivity contribution in [1.82, 2.24) is 4.40 Å². The Morgan fingerprint density at radius 2 is 1.83 bits per heavy atom. The van der Waals surface area contributed by atoms with Gasteiger partial charge < -0.3 is 4.40 Å². The van der Waals surface area contributed by atoms with Crippen LogP contribution >= 0.6 is 0 Å². The third-order valence-electron chi connectivity index (χ3n) is 3.19. The monoisotopic (exact) mass is 232 g/mol. The molecule has 0 spiro atoms. The Balaban J connectivity index is 2.22. The molecule has 0 radical (unpaired) electrons. The number of benzene rings is 1. The fourth-order valence-electron chi connectivity index (χ4n) is 2.26. The van der Waals surface area contributed by atoms with Gasteiger partial charge in [-0.05, 0) is 48.4 Å². The zero-order valence-electron chi connectivity index (χ0n) is 10.1. The number of hydrogen-bond donors (Lipinski definition) is 0. The summed E-state index contributed by atoms with van der Waals surface area (Å²) in [7, 11) is 0. The third kappa shape index (κ3) is 1.57. The first-order valence-electron chi connectivity index (χ1n) is 5.87. The van der Waals surface area contributed by atoms with E-state index in [4.69, 9.17) is 5.26 Å². The Hall–Kier alpha value is -2.53. The van der Waals surface area contributed by atoms with Gasteiger partial charge in [0, 0.05) is 11.7 Å². The van der Waals surface area contributed by atoms with Gasteiger partial charge in [0.05, 0.1) is 17.3 Å². The van der Waals surface area contributed by atoms with E-state index in [1.807, 2.05) is 36.4 Å². The molecule has 1 aromatic carbocycles. The minimum Gasteiger partial charge on any atom is -0.316 e. The number of rotatable bonds is 1. The van der Waals surface area contributed by atoms with Crippen LogP contribution in [0.3, 0.4) is 0 Å². The molecule has 2 aromatic heterocycles. The predicted molar refractivity (Wildman–Crippen MR) is 72.3 cm³/mol. The van der Waals surface area contributed by atoms with Crippen molar-refractivity contribution in [3.63, 3.8) is 0 Å². The molecule has 0 saturated heterocycles. The van der Waals surface area contributed by atoms with Crippen LogP contribution in [0.25, 0.3) is 16.8 Å². The van der Waals surface area contributed by atoms with Crippen LogP contribution in [0.4, 0.5) is 0 Å². The lowest BCUT2D eigenvalue weighted by molar-refractivity contribution is 1.20. The molecule has 2 heteroatoms. The van der Waals surface area contributed by atoms with Crippen LogP contribution in [0.1, 0.15) is 11.1 Å². The van der Waals surface area contributed by atoms with Crippen LogP contribution in [0.2, 0.25) is 0 Å². The van der Waals surface area contributed by atoms with E-state index in [9.17, 15) is 0 Å². The molecule has 0 saturated carbocycles. The molecule has 0 amide bonds. The molecule has 86 valence electrons. The standard InChI is InChI=1S/C16H12N2/c1-12-10-16(18-9-3-2-4-15(12)18)14-7-5-13(11-17)6-8-14/h2-10H,1H3. The molecule has 18 heavy (non-hydrogen) atoms. The molecule has 3 aromatic rings. The SMILES string of the molecule is Cc1cc(-c2ccc(C#N)cc2)n2ccccc12. The molecule has 0 N–H and O–H groups in total. The summed E-state index contributed by atoms with van der Waals surface area (Å²) < 4.78 is 2.18. The smallest absolute Gasteiger partial charge is 0.0991 e. The van der Waals surface area contributed by atoms with Gasteiger partial charge in [0.2, 0.25) is 0 Å². The highest BCUT2D eigenvalue weighted by Gasteiger charge is 2.07. The summed E-state index contributed by atoms with van der Waals surface area (Å²) in [6.07, 6.45) is 2.07. The van der Waals surface area contributed by atoms with E-state index >= 15 is 0 Å². The molecule has 0 unspecified atom stereocenters. The molecule has 0 aliphatic rings. The van der Waals surface area contributed by atoms with E-state index < -0.39 is 0 Å². The van der Waals surface area contributed by atoms with Gasteiger partial charge >= 0.3 is 0 Å². The van der Waals surface area contributed by atoms with Gasteiger partial charge in [0.15, 0.2) is 0 Å². The van der Waals surface area contributed by atoms with Crippen molar-refractivity contribution in [3.8, 4) is 17.3 Å². The molecule has 2 nitrogen and oxygen atoms in total. The number of aromatic nitrogens is 1. The lowest BCUT2D eigenvalue weighted by Gasteiger charge is -2.02. The van der Waals surface area contributed by atoms with Crippen molar-refractivity contribution in [2.24, 2.45) is 0 Å². The maximum Gasteiger partial charge on any atom is 0.0991 e. The first kappa shape index (κ1) is 10.6. The van der Waals surface area contributed by atoms with Crippen molar-refractivity contribution >= 4 is 5.52 Å². The fraction of sp³-hybridized carbons (Fsp3) is 0.0625. The fourth-order valence-corrected chi connectivity index (χ4v) is 2.26. The van der Waals surface area contributed by atoms with Crippen molar-refractivity contribution in [2.75, 3.05) is 0 Å². The summed E-state index contributed by atoms with van der Waals surface area (Å²) in [5.41, 5.74) is 5.46. The van der Waals surface area contributed by atoms with Crippen LogP contribution in [0.5, 0.6) is 0 Å². The molecule has 0 aliphatic carbocycles. The minimum atomic E-state index is 0.691. The molecular formula is C16H12N2. The molecule has 3 rings (SSSR count). The van der Waals surface area contributed by atoms with E-state index in [-0.39, 0.29) is 0 Å². The van der Waals surface area contributed by atoms with Gasteiger partial charge in [-0.15, -0.1) is 0 Å². The Bertz CT molecular complexity index is 743. The highest BCUT2D eigenvalue weighted by atomic mass is 14.9. The molecule has 0 fully saturated rings.